The minimum absolute atomic E-state index is 0.267. The number of hydrogen-bond donors (Lipinski definition) is 1. The minimum Gasteiger partial charge on any atom is -0.508 e. The number of phenolic OH excluding ortho intramolecular Hbond substituents is 1. The minimum atomic E-state index is 0.267. The summed E-state index contributed by atoms with van der Waals surface area (Å²) in [6.07, 6.45) is 0.800. The predicted molar refractivity (Wildman–Crippen MR) is 70.6 cm³/mol. The number of rotatable bonds is 4. The van der Waals surface area contributed by atoms with E-state index < -0.39 is 0 Å². The lowest BCUT2D eigenvalue weighted by molar-refractivity contribution is 0.412. The highest BCUT2D eigenvalue weighted by Gasteiger charge is 2.03. The molecule has 3 heteroatoms. The highest BCUT2D eigenvalue weighted by molar-refractivity contribution is 5.42. The molecule has 0 aromatic heterocycles. The maximum absolute atomic E-state index is 9.75. The molecule has 0 aliphatic heterocycles. The SMILES string of the molecule is CCc1ccc(Oc2ccc(OC)cc2)cc1O. The fourth-order valence-corrected chi connectivity index (χ4v) is 1.69. The van der Waals surface area contributed by atoms with Gasteiger partial charge in [0.25, 0.3) is 0 Å². The first-order chi connectivity index (χ1) is 8.72. The zero-order chi connectivity index (χ0) is 13.0. The van der Waals surface area contributed by atoms with Crippen molar-refractivity contribution in [3.63, 3.8) is 0 Å². The molecular formula is C15H16O3. The number of hydrogen-bond acceptors (Lipinski definition) is 3. The average Bonchev–Trinajstić information content (AvgIpc) is 2.40. The molecule has 0 amide bonds. The third kappa shape index (κ3) is 2.74. The molecule has 2 aromatic carbocycles. The molecule has 0 aliphatic rings. The van der Waals surface area contributed by atoms with Gasteiger partial charge in [-0.25, -0.2) is 0 Å². The highest BCUT2D eigenvalue weighted by Crippen LogP contribution is 2.28. The Labute approximate surface area is 107 Å². The maximum Gasteiger partial charge on any atom is 0.131 e. The molecule has 94 valence electrons. The van der Waals surface area contributed by atoms with Crippen LogP contribution in [0, 0.1) is 0 Å². The smallest absolute Gasteiger partial charge is 0.131 e. The van der Waals surface area contributed by atoms with Gasteiger partial charge < -0.3 is 14.6 Å². The van der Waals surface area contributed by atoms with Gasteiger partial charge in [0.1, 0.15) is 23.0 Å². The predicted octanol–water partition coefficient (Wildman–Crippen LogP) is 3.76. The second-order valence-electron chi connectivity index (χ2n) is 3.92. The van der Waals surface area contributed by atoms with E-state index in [-0.39, 0.29) is 5.75 Å². The molecule has 0 unspecified atom stereocenters. The van der Waals surface area contributed by atoms with Crippen LogP contribution in [0.5, 0.6) is 23.0 Å². The Morgan fingerprint density at radius 3 is 2.11 bits per heavy atom. The van der Waals surface area contributed by atoms with Crippen LogP contribution < -0.4 is 9.47 Å². The molecule has 0 aliphatic carbocycles. The van der Waals surface area contributed by atoms with Gasteiger partial charge in [-0.1, -0.05) is 13.0 Å². The number of benzene rings is 2. The molecule has 0 heterocycles. The van der Waals surface area contributed by atoms with Crippen LogP contribution in [0.2, 0.25) is 0 Å². The van der Waals surface area contributed by atoms with Crippen molar-refractivity contribution in [2.75, 3.05) is 7.11 Å². The van der Waals surface area contributed by atoms with Gasteiger partial charge >= 0.3 is 0 Å². The first kappa shape index (κ1) is 12.3. The van der Waals surface area contributed by atoms with Gasteiger partial charge in [-0.2, -0.15) is 0 Å². The lowest BCUT2D eigenvalue weighted by Crippen LogP contribution is -1.87. The van der Waals surface area contributed by atoms with Crippen LogP contribution in [0.25, 0.3) is 0 Å². The van der Waals surface area contributed by atoms with Crippen molar-refractivity contribution in [1.29, 1.82) is 0 Å². The molecule has 0 saturated heterocycles. The van der Waals surface area contributed by atoms with Gasteiger partial charge in [-0.3, -0.25) is 0 Å². The highest BCUT2D eigenvalue weighted by atomic mass is 16.5. The molecule has 18 heavy (non-hydrogen) atoms. The zero-order valence-electron chi connectivity index (χ0n) is 10.5. The molecular weight excluding hydrogens is 228 g/mol. The maximum atomic E-state index is 9.75. The van der Waals surface area contributed by atoms with E-state index in [4.69, 9.17) is 9.47 Å². The summed E-state index contributed by atoms with van der Waals surface area (Å²) >= 11 is 0. The normalized spacial score (nSPS) is 10.1. The van der Waals surface area contributed by atoms with Gasteiger partial charge in [0.2, 0.25) is 0 Å². The molecule has 0 radical (unpaired) electrons. The van der Waals surface area contributed by atoms with Gasteiger partial charge in [0, 0.05) is 6.07 Å². The van der Waals surface area contributed by atoms with Crippen molar-refractivity contribution in [3.05, 3.63) is 48.0 Å². The van der Waals surface area contributed by atoms with E-state index in [0.717, 1.165) is 17.7 Å². The second kappa shape index (κ2) is 5.45. The Balaban J connectivity index is 2.15. The van der Waals surface area contributed by atoms with E-state index in [9.17, 15) is 5.11 Å². The van der Waals surface area contributed by atoms with Crippen molar-refractivity contribution < 1.29 is 14.6 Å². The van der Waals surface area contributed by atoms with Gasteiger partial charge in [-0.15, -0.1) is 0 Å². The van der Waals surface area contributed by atoms with Gasteiger partial charge in [-0.05, 0) is 42.3 Å². The van der Waals surface area contributed by atoms with Crippen LogP contribution in [-0.2, 0) is 6.42 Å². The number of aromatic hydroxyl groups is 1. The quantitative estimate of drug-likeness (QED) is 0.890. The number of ether oxygens (including phenoxy) is 2. The topological polar surface area (TPSA) is 38.7 Å². The van der Waals surface area contributed by atoms with E-state index in [1.807, 2.05) is 43.3 Å². The van der Waals surface area contributed by atoms with E-state index >= 15 is 0 Å². The van der Waals surface area contributed by atoms with Gasteiger partial charge in [0.15, 0.2) is 0 Å². The van der Waals surface area contributed by atoms with Crippen molar-refractivity contribution in [3.8, 4) is 23.0 Å². The first-order valence-electron chi connectivity index (χ1n) is 5.86. The van der Waals surface area contributed by atoms with Crippen LogP contribution in [-0.4, -0.2) is 12.2 Å². The van der Waals surface area contributed by atoms with Crippen molar-refractivity contribution in [2.45, 2.75) is 13.3 Å². The summed E-state index contributed by atoms with van der Waals surface area (Å²) in [6, 6.07) is 12.7. The lowest BCUT2D eigenvalue weighted by Gasteiger charge is -2.08. The van der Waals surface area contributed by atoms with Crippen molar-refractivity contribution in [2.24, 2.45) is 0 Å². The molecule has 2 rings (SSSR count). The molecule has 0 fully saturated rings. The average molecular weight is 244 g/mol. The van der Waals surface area contributed by atoms with E-state index in [0.29, 0.717) is 11.5 Å². The third-order valence-corrected chi connectivity index (χ3v) is 2.73. The summed E-state index contributed by atoms with van der Waals surface area (Å²) in [6.45, 7) is 2.00. The summed E-state index contributed by atoms with van der Waals surface area (Å²) in [5.74, 6) is 2.38. The van der Waals surface area contributed by atoms with E-state index in [1.54, 1.807) is 13.2 Å². The monoisotopic (exact) mass is 244 g/mol. The molecule has 0 saturated carbocycles. The Bertz CT molecular complexity index is 518. The first-order valence-corrected chi connectivity index (χ1v) is 5.86. The Morgan fingerprint density at radius 2 is 1.56 bits per heavy atom. The zero-order valence-corrected chi connectivity index (χ0v) is 10.5. The van der Waals surface area contributed by atoms with E-state index in [2.05, 4.69) is 0 Å². The molecule has 1 N–H and O–H groups in total. The van der Waals surface area contributed by atoms with Crippen LogP contribution >= 0.6 is 0 Å². The largest absolute Gasteiger partial charge is 0.508 e. The second-order valence-corrected chi connectivity index (χ2v) is 3.92. The van der Waals surface area contributed by atoms with Crippen LogP contribution in [0.1, 0.15) is 12.5 Å². The Hall–Kier alpha value is -2.16. The van der Waals surface area contributed by atoms with E-state index in [1.165, 1.54) is 0 Å². The Morgan fingerprint density at radius 1 is 0.944 bits per heavy atom. The number of phenols is 1. The molecule has 3 nitrogen and oxygen atoms in total. The van der Waals surface area contributed by atoms with Crippen LogP contribution in [0.15, 0.2) is 42.5 Å². The fourth-order valence-electron chi connectivity index (χ4n) is 1.69. The molecule has 2 aromatic rings. The number of methoxy groups -OCH3 is 1. The molecule has 0 bridgehead atoms. The van der Waals surface area contributed by atoms with Gasteiger partial charge in [0.05, 0.1) is 7.11 Å². The Kier molecular flexibility index (Phi) is 3.72. The van der Waals surface area contributed by atoms with Crippen LogP contribution in [0.3, 0.4) is 0 Å². The standard InChI is InChI=1S/C15H16O3/c1-3-11-4-5-14(10-15(11)16)18-13-8-6-12(17-2)7-9-13/h4-10,16H,3H2,1-2H3. The molecule has 0 spiro atoms. The molecule has 0 atom stereocenters. The summed E-state index contributed by atoms with van der Waals surface area (Å²) in [5.41, 5.74) is 0.914. The van der Waals surface area contributed by atoms with Crippen molar-refractivity contribution >= 4 is 0 Å². The summed E-state index contributed by atoms with van der Waals surface area (Å²) in [4.78, 5) is 0. The lowest BCUT2D eigenvalue weighted by atomic mass is 10.1. The van der Waals surface area contributed by atoms with Crippen molar-refractivity contribution in [1.82, 2.24) is 0 Å². The number of aryl methyl sites for hydroxylation is 1. The summed E-state index contributed by atoms with van der Waals surface area (Å²) in [5, 5.41) is 9.75. The third-order valence-electron chi connectivity index (χ3n) is 2.73. The van der Waals surface area contributed by atoms with Crippen LogP contribution in [0.4, 0.5) is 0 Å². The fraction of sp³-hybridized carbons (Fsp3) is 0.200. The summed E-state index contributed by atoms with van der Waals surface area (Å²) in [7, 11) is 1.62. The summed E-state index contributed by atoms with van der Waals surface area (Å²) < 4.78 is 10.7.